The number of rotatable bonds is 6. The zero-order chi connectivity index (χ0) is 21.2. The summed E-state index contributed by atoms with van der Waals surface area (Å²) in [6.07, 6.45) is 1.14. The van der Waals surface area contributed by atoms with Crippen LogP contribution in [0.2, 0.25) is 0 Å². The van der Waals surface area contributed by atoms with Crippen LogP contribution in [0.5, 0.6) is 0 Å². The highest BCUT2D eigenvalue weighted by Crippen LogP contribution is 2.22. The molecule has 152 valence electrons. The van der Waals surface area contributed by atoms with Gasteiger partial charge in [0.2, 0.25) is 5.91 Å². The lowest BCUT2D eigenvalue weighted by Crippen LogP contribution is -2.29. The summed E-state index contributed by atoms with van der Waals surface area (Å²) in [5, 5.41) is 2.59. The molecule has 0 aromatic heterocycles. The molecule has 0 radical (unpaired) electrons. The van der Waals surface area contributed by atoms with Crippen LogP contribution >= 0.6 is 11.8 Å². The van der Waals surface area contributed by atoms with Gasteiger partial charge in [-0.25, -0.2) is 8.42 Å². The molecule has 1 heterocycles. The first-order valence-electron chi connectivity index (χ1n) is 8.82. The fourth-order valence-electron chi connectivity index (χ4n) is 2.89. The van der Waals surface area contributed by atoms with E-state index in [9.17, 15) is 22.8 Å². The normalized spacial score (nSPS) is 15.4. The van der Waals surface area contributed by atoms with Crippen molar-refractivity contribution < 1.29 is 22.8 Å². The van der Waals surface area contributed by atoms with Crippen molar-refractivity contribution in [3.8, 4) is 0 Å². The summed E-state index contributed by atoms with van der Waals surface area (Å²) in [5.41, 5.74) is 1.87. The third-order valence-electron chi connectivity index (χ3n) is 4.53. The largest absolute Gasteiger partial charge is 0.346 e. The molecule has 3 rings (SSSR count). The van der Waals surface area contributed by atoms with Crippen molar-refractivity contribution in [2.45, 2.75) is 24.4 Å². The van der Waals surface area contributed by atoms with Crippen LogP contribution in [0.25, 0.3) is 0 Å². The van der Waals surface area contributed by atoms with E-state index in [-0.39, 0.29) is 40.3 Å². The zero-order valence-corrected chi connectivity index (χ0v) is 17.5. The molecule has 1 fully saturated rings. The lowest BCUT2D eigenvalue weighted by Gasteiger charge is -2.16. The van der Waals surface area contributed by atoms with E-state index in [1.165, 1.54) is 17.0 Å². The van der Waals surface area contributed by atoms with Crippen molar-refractivity contribution >= 4 is 38.7 Å². The lowest BCUT2D eigenvalue weighted by molar-refractivity contribution is -0.125. The molecule has 1 saturated heterocycles. The van der Waals surface area contributed by atoms with Gasteiger partial charge >= 0.3 is 0 Å². The van der Waals surface area contributed by atoms with Crippen molar-refractivity contribution in [2.24, 2.45) is 0 Å². The standard InChI is InChI=1S/C20H20N2O5S2/c1-13(15-6-8-17(9-7-15)29(2,26)27)21-19(24)16-5-3-4-14(10-16)11-22-18(23)12-28-20(22)25/h3-10,13H,11-12H2,1-2H3,(H,21,24). The molecule has 1 unspecified atom stereocenters. The number of benzene rings is 2. The molecular formula is C20H20N2O5S2. The monoisotopic (exact) mass is 432 g/mol. The number of hydrogen-bond donors (Lipinski definition) is 1. The van der Waals surface area contributed by atoms with Crippen molar-refractivity contribution in [2.75, 3.05) is 12.0 Å². The van der Waals surface area contributed by atoms with Crippen LogP contribution < -0.4 is 5.32 Å². The van der Waals surface area contributed by atoms with Gasteiger partial charge in [0.05, 0.1) is 23.2 Å². The predicted octanol–water partition coefficient (Wildman–Crippen LogP) is 2.78. The van der Waals surface area contributed by atoms with Crippen LogP contribution in [0.15, 0.2) is 53.4 Å². The third kappa shape index (κ3) is 5.04. The first-order chi connectivity index (χ1) is 13.6. The maximum atomic E-state index is 12.6. The molecule has 2 aromatic rings. The average Bonchev–Trinajstić information content (AvgIpc) is 2.99. The van der Waals surface area contributed by atoms with E-state index < -0.39 is 9.84 Å². The SMILES string of the molecule is CC(NC(=O)c1cccc(CN2C(=O)CSC2=O)c1)c1ccc(S(C)(=O)=O)cc1. The van der Waals surface area contributed by atoms with Gasteiger partial charge in [-0.3, -0.25) is 19.3 Å². The smallest absolute Gasteiger partial charge is 0.289 e. The van der Waals surface area contributed by atoms with Crippen molar-refractivity contribution in [3.05, 3.63) is 65.2 Å². The second-order valence-corrected chi connectivity index (χ2v) is 9.71. The molecule has 7 nitrogen and oxygen atoms in total. The quantitative estimate of drug-likeness (QED) is 0.753. The molecule has 0 bridgehead atoms. The lowest BCUT2D eigenvalue weighted by atomic mass is 10.1. The first-order valence-corrected chi connectivity index (χ1v) is 11.7. The maximum absolute atomic E-state index is 12.6. The molecule has 1 atom stereocenters. The number of sulfone groups is 1. The average molecular weight is 433 g/mol. The highest BCUT2D eigenvalue weighted by molar-refractivity contribution is 8.14. The summed E-state index contributed by atoms with van der Waals surface area (Å²) in [6.45, 7) is 1.93. The fourth-order valence-corrected chi connectivity index (χ4v) is 4.25. The summed E-state index contributed by atoms with van der Waals surface area (Å²) in [7, 11) is -3.27. The van der Waals surface area contributed by atoms with Crippen LogP contribution in [0.3, 0.4) is 0 Å². The molecule has 1 aliphatic heterocycles. The minimum Gasteiger partial charge on any atom is -0.346 e. The topological polar surface area (TPSA) is 101 Å². The number of amides is 3. The summed E-state index contributed by atoms with van der Waals surface area (Å²) >= 11 is 0.972. The van der Waals surface area contributed by atoms with Crippen LogP contribution in [-0.4, -0.2) is 42.4 Å². The number of carbonyl (C=O) groups excluding carboxylic acids is 3. The molecule has 1 N–H and O–H groups in total. The van der Waals surface area contributed by atoms with E-state index in [1.54, 1.807) is 43.3 Å². The Bertz CT molecular complexity index is 1050. The Labute approximate surface area is 173 Å². The number of imide groups is 1. The number of carbonyl (C=O) groups is 3. The first kappa shape index (κ1) is 21.1. The summed E-state index contributed by atoms with van der Waals surface area (Å²) < 4.78 is 23.1. The van der Waals surface area contributed by atoms with Gasteiger partial charge in [0.25, 0.3) is 11.1 Å². The molecule has 1 aliphatic rings. The Kier molecular flexibility index (Phi) is 6.09. The van der Waals surface area contributed by atoms with Gasteiger partial charge in [-0.2, -0.15) is 0 Å². The summed E-state index contributed by atoms with van der Waals surface area (Å²) in [6, 6.07) is 12.8. The van der Waals surface area contributed by atoms with Crippen molar-refractivity contribution in [1.82, 2.24) is 10.2 Å². The summed E-state index contributed by atoms with van der Waals surface area (Å²) in [4.78, 5) is 37.5. The van der Waals surface area contributed by atoms with Crippen LogP contribution in [0.1, 0.15) is 34.5 Å². The van der Waals surface area contributed by atoms with Gasteiger partial charge in [0.15, 0.2) is 9.84 Å². The molecule has 0 aliphatic carbocycles. The van der Waals surface area contributed by atoms with E-state index in [1.807, 2.05) is 0 Å². The van der Waals surface area contributed by atoms with Gasteiger partial charge in [0.1, 0.15) is 0 Å². The Morgan fingerprint density at radius 3 is 2.45 bits per heavy atom. The highest BCUT2D eigenvalue weighted by Gasteiger charge is 2.29. The highest BCUT2D eigenvalue weighted by atomic mass is 32.2. The number of nitrogens with one attached hydrogen (secondary N) is 1. The van der Waals surface area contributed by atoms with Gasteiger partial charge < -0.3 is 5.32 Å². The molecule has 0 spiro atoms. The second-order valence-electron chi connectivity index (χ2n) is 6.77. The minimum absolute atomic E-state index is 0.133. The molecule has 29 heavy (non-hydrogen) atoms. The molecule has 9 heteroatoms. The van der Waals surface area contributed by atoms with E-state index in [0.717, 1.165) is 23.6 Å². The molecule has 3 amide bonds. The molecular weight excluding hydrogens is 412 g/mol. The maximum Gasteiger partial charge on any atom is 0.289 e. The Morgan fingerprint density at radius 1 is 1.17 bits per heavy atom. The minimum atomic E-state index is -3.27. The number of hydrogen-bond acceptors (Lipinski definition) is 6. The fraction of sp³-hybridized carbons (Fsp3) is 0.250. The van der Waals surface area contributed by atoms with E-state index in [2.05, 4.69) is 5.32 Å². The van der Waals surface area contributed by atoms with E-state index in [0.29, 0.717) is 11.1 Å². The van der Waals surface area contributed by atoms with Crippen LogP contribution in [-0.2, 0) is 21.2 Å². The predicted molar refractivity (Wildman–Crippen MR) is 110 cm³/mol. The van der Waals surface area contributed by atoms with Crippen LogP contribution in [0.4, 0.5) is 4.79 Å². The third-order valence-corrected chi connectivity index (χ3v) is 6.51. The second kappa shape index (κ2) is 8.38. The Morgan fingerprint density at radius 2 is 1.86 bits per heavy atom. The summed E-state index contributed by atoms with van der Waals surface area (Å²) in [5.74, 6) is -0.393. The Balaban J connectivity index is 1.69. The van der Waals surface area contributed by atoms with E-state index >= 15 is 0 Å². The van der Waals surface area contributed by atoms with Crippen molar-refractivity contribution in [1.29, 1.82) is 0 Å². The van der Waals surface area contributed by atoms with Crippen LogP contribution in [0, 0.1) is 0 Å². The number of thioether (sulfide) groups is 1. The molecule has 0 saturated carbocycles. The van der Waals surface area contributed by atoms with Gasteiger partial charge in [-0.15, -0.1) is 0 Å². The zero-order valence-electron chi connectivity index (χ0n) is 15.9. The van der Waals surface area contributed by atoms with Gasteiger partial charge in [-0.1, -0.05) is 36.0 Å². The van der Waals surface area contributed by atoms with Gasteiger partial charge in [-0.05, 0) is 42.3 Å². The van der Waals surface area contributed by atoms with Gasteiger partial charge in [0, 0.05) is 11.8 Å². The molecule has 2 aromatic carbocycles. The number of nitrogens with zero attached hydrogens (tertiary/aromatic N) is 1. The Hall–Kier alpha value is -2.65. The van der Waals surface area contributed by atoms with E-state index in [4.69, 9.17) is 0 Å². The van der Waals surface area contributed by atoms with Crippen molar-refractivity contribution in [3.63, 3.8) is 0 Å².